The molecule has 0 aromatic carbocycles. The molecule has 0 bridgehead atoms. The molecule has 0 saturated heterocycles. The van der Waals surface area contributed by atoms with Gasteiger partial charge in [-0.05, 0) is 27.7 Å². The minimum absolute atomic E-state index is 0. The minimum Gasteiger partial charge on any atom is -0.269 e. The third kappa shape index (κ3) is 10.0. The second-order valence-corrected chi connectivity index (χ2v) is 3.62. The Balaban J connectivity index is 0. The van der Waals surface area contributed by atoms with Crippen LogP contribution in [0.4, 0.5) is 4.70 Å². The predicted molar refractivity (Wildman–Crippen MR) is 43.1 cm³/mol. The van der Waals surface area contributed by atoms with Crippen molar-refractivity contribution >= 4 is 11.4 Å². The summed E-state index contributed by atoms with van der Waals surface area (Å²) >= 11 is -1.59. The van der Waals surface area contributed by atoms with Crippen LogP contribution in [0.2, 0.25) is 0 Å². The van der Waals surface area contributed by atoms with E-state index in [2.05, 4.69) is 4.18 Å². The number of hydrogen-bond donors (Lipinski definition) is 0. The first-order valence-electron chi connectivity index (χ1n) is 3.20. The average Bonchev–Trinajstić information content (AvgIpc) is 1.59. The van der Waals surface area contributed by atoms with Gasteiger partial charge < -0.3 is 0 Å². The fourth-order valence-electron chi connectivity index (χ4n) is 0.324. The summed E-state index contributed by atoms with van der Waals surface area (Å²) in [5.41, 5.74) is -0.403. The fraction of sp³-hybridized carbons (Fsp3) is 1.00. The normalized spacial score (nSPS) is 13.8. The van der Waals surface area contributed by atoms with Crippen LogP contribution >= 0.6 is 0 Å². The second kappa shape index (κ2) is 5.62. The largest absolute Gasteiger partial charge is 0.305 e. The zero-order chi connectivity index (χ0) is 8.20. The van der Waals surface area contributed by atoms with Crippen molar-refractivity contribution in [1.82, 2.24) is 0 Å². The molecule has 0 spiro atoms. The topological polar surface area (TPSA) is 35.5 Å². The summed E-state index contributed by atoms with van der Waals surface area (Å²) in [4.78, 5) is 0. The van der Waals surface area contributed by atoms with Gasteiger partial charge in [-0.3, -0.25) is 13.1 Å². The Morgan fingerprint density at radius 3 is 2.09 bits per heavy atom. The lowest BCUT2D eigenvalue weighted by Gasteiger charge is -2.16. The third-order valence-electron chi connectivity index (χ3n) is 0.532. The van der Waals surface area contributed by atoms with Gasteiger partial charge in [0.1, 0.15) is 0 Å². The molecule has 0 amide bonds. The van der Waals surface area contributed by atoms with E-state index < -0.39 is 17.0 Å². The molecule has 0 aliphatic heterocycles. The van der Waals surface area contributed by atoms with Crippen molar-refractivity contribution in [3.05, 3.63) is 0 Å². The third-order valence-corrected chi connectivity index (χ3v) is 1.60. The summed E-state index contributed by atoms with van der Waals surface area (Å²) in [7, 11) is 0. The molecule has 70 valence electrons. The number of hydrogen-bond acceptors (Lipinski definition) is 3. The van der Waals surface area contributed by atoms with E-state index >= 15 is 0 Å². The Hall–Kier alpha value is -0.0000000000000000278. The van der Waals surface area contributed by atoms with Gasteiger partial charge in [-0.2, -0.15) is 4.21 Å². The highest BCUT2D eigenvalue weighted by molar-refractivity contribution is 7.75. The monoisotopic (exact) mass is 186 g/mol. The summed E-state index contributed by atoms with van der Waals surface area (Å²) in [5.74, 6) is 0. The van der Waals surface area contributed by atoms with Gasteiger partial charge >= 0.3 is 11.4 Å². The van der Waals surface area contributed by atoms with E-state index in [-0.39, 0.29) is 4.70 Å². The van der Waals surface area contributed by atoms with Crippen molar-refractivity contribution in [2.75, 3.05) is 6.61 Å². The summed E-state index contributed by atoms with van der Waals surface area (Å²) in [5, 5.41) is 0. The van der Waals surface area contributed by atoms with Crippen molar-refractivity contribution in [3.8, 4) is 0 Å². The van der Waals surface area contributed by atoms with Crippen LogP contribution in [0, 0.1) is 0 Å². The van der Waals surface area contributed by atoms with Crippen LogP contribution in [0.15, 0.2) is 0 Å². The predicted octanol–water partition coefficient (Wildman–Crippen LogP) is 1.57. The van der Waals surface area contributed by atoms with Crippen LogP contribution in [0.1, 0.15) is 27.7 Å². The van der Waals surface area contributed by atoms with Crippen molar-refractivity contribution in [2.45, 2.75) is 33.3 Å². The quantitative estimate of drug-likeness (QED) is 0.671. The van der Waals surface area contributed by atoms with E-state index in [4.69, 9.17) is 4.18 Å². The lowest BCUT2D eigenvalue weighted by Crippen LogP contribution is -2.21. The molecule has 1 atom stereocenters. The highest BCUT2D eigenvalue weighted by Crippen LogP contribution is 2.09. The maximum atomic E-state index is 10.7. The number of rotatable bonds is 3. The zero-order valence-corrected chi connectivity index (χ0v) is 8.06. The summed E-state index contributed by atoms with van der Waals surface area (Å²) in [6.45, 7) is 7.64. The first kappa shape index (κ1) is 13.6. The van der Waals surface area contributed by atoms with E-state index in [9.17, 15) is 4.21 Å². The lowest BCUT2D eigenvalue weighted by molar-refractivity contribution is 0.124. The van der Waals surface area contributed by atoms with E-state index in [1.807, 2.05) is 20.8 Å². The SMILES string of the molecule is CCOS(=O)OC(C)(C)C.F. The molecule has 0 fully saturated rings. The van der Waals surface area contributed by atoms with Gasteiger partial charge in [0.15, 0.2) is 0 Å². The molecule has 0 aliphatic rings. The Labute approximate surface area is 69.3 Å². The van der Waals surface area contributed by atoms with Crippen LogP contribution in [0.3, 0.4) is 0 Å². The van der Waals surface area contributed by atoms with Crippen LogP contribution in [-0.2, 0) is 19.7 Å². The maximum absolute atomic E-state index is 10.7. The van der Waals surface area contributed by atoms with Gasteiger partial charge in [0.25, 0.3) is 0 Å². The molecule has 0 N–H and O–H groups in total. The van der Waals surface area contributed by atoms with Crippen LogP contribution in [0.25, 0.3) is 0 Å². The van der Waals surface area contributed by atoms with Crippen LogP contribution in [0.5, 0.6) is 0 Å². The molecule has 0 radical (unpaired) electrons. The van der Waals surface area contributed by atoms with Gasteiger partial charge in [0, 0.05) is 0 Å². The van der Waals surface area contributed by atoms with Gasteiger partial charge in [-0.1, -0.05) is 0 Å². The average molecular weight is 186 g/mol. The molecular weight excluding hydrogens is 171 g/mol. The summed E-state index contributed by atoms with van der Waals surface area (Å²) < 4.78 is 20.3. The van der Waals surface area contributed by atoms with E-state index in [1.165, 1.54) is 0 Å². The Bertz CT molecular complexity index is 121. The smallest absolute Gasteiger partial charge is 0.269 e. The molecule has 0 aromatic rings. The zero-order valence-electron chi connectivity index (χ0n) is 7.25. The van der Waals surface area contributed by atoms with Crippen molar-refractivity contribution in [2.24, 2.45) is 0 Å². The van der Waals surface area contributed by atoms with E-state index in [0.29, 0.717) is 6.61 Å². The lowest BCUT2D eigenvalue weighted by atomic mass is 10.2. The molecule has 11 heavy (non-hydrogen) atoms. The molecular formula is C6H15FO3S. The van der Waals surface area contributed by atoms with Crippen molar-refractivity contribution in [3.63, 3.8) is 0 Å². The Morgan fingerprint density at radius 1 is 1.36 bits per heavy atom. The van der Waals surface area contributed by atoms with Gasteiger partial charge in [-0.15, -0.1) is 0 Å². The highest BCUT2D eigenvalue weighted by Gasteiger charge is 2.15. The minimum atomic E-state index is -1.59. The summed E-state index contributed by atoms with van der Waals surface area (Å²) in [6.07, 6.45) is 0. The molecule has 3 nitrogen and oxygen atoms in total. The van der Waals surface area contributed by atoms with Gasteiger partial charge in [0.05, 0.1) is 12.2 Å². The Kier molecular flexibility index (Phi) is 6.94. The molecule has 0 heterocycles. The molecule has 0 saturated carbocycles. The molecule has 0 rings (SSSR count). The molecule has 5 heteroatoms. The van der Waals surface area contributed by atoms with E-state index in [1.54, 1.807) is 6.92 Å². The van der Waals surface area contributed by atoms with E-state index in [0.717, 1.165) is 0 Å². The second-order valence-electron chi connectivity index (χ2n) is 2.81. The molecule has 1 unspecified atom stereocenters. The Morgan fingerprint density at radius 2 is 1.82 bits per heavy atom. The highest BCUT2D eigenvalue weighted by atomic mass is 32.2. The fourth-order valence-corrected chi connectivity index (χ4v) is 0.973. The van der Waals surface area contributed by atoms with Crippen molar-refractivity contribution in [1.29, 1.82) is 0 Å². The van der Waals surface area contributed by atoms with Crippen LogP contribution < -0.4 is 0 Å². The molecule has 0 aromatic heterocycles. The van der Waals surface area contributed by atoms with Crippen LogP contribution in [-0.4, -0.2) is 16.4 Å². The van der Waals surface area contributed by atoms with Gasteiger partial charge in [-0.25, -0.2) is 0 Å². The summed E-state index contributed by atoms with van der Waals surface area (Å²) in [6, 6.07) is 0. The first-order chi connectivity index (χ1) is 4.45. The van der Waals surface area contributed by atoms with Gasteiger partial charge in [0.2, 0.25) is 0 Å². The number of halogens is 1. The van der Waals surface area contributed by atoms with Crippen molar-refractivity contribution < 1.29 is 17.3 Å². The maximum Gasteiger partial charge on any atom is 0.305 e. The first-order valence-corrected chi connectivity index (χ1v) is 4.20. The standard InChI is InChI=1S/C6H14O3S.FH/c1-5-8-10(7)9-6(2,3)4;/h5H2,1-4H3;1H. The molecule has 0 aliphatic carbocycles.